The number of benzene rings is 1. The van der Waals surface area contributed by atoms with Crippen molar-refractivity contribution < 1.29 is 14.1 Å². The van der Waals surface area contributed by atoms with Crippen LogP contribution in [0.2, 0.25) is 0 Å². The molecule has 5 nitrogen and oxygen atoms in total. The van der Waals surface area contributed by atoms with Crippen LogP contribution >= 0.6 is 0 Å². The van der Waals surface area contributed by atoms with Gasteiger partial charge in [-0.1, -0.05) is 25.1 Å². The van der Waals surface area contributed by atoms with Gasteiger partial charge < -0.3 is 19.1 Å². The molecule has 1 aromatic rings. The lowest BCUT2D eigenvalue weighted by Gasteiger charge is -2.34. The van der Waals surface area contributed by atoms with E-state index in [4.69, 9.17) is 9.31 Å². The highest BCUT2D eigenvalue weighted by Gasteiger charge is 2.52. The monoisotopic (exact) mass is 344 g/mol. The summed E-state index contributed by atoms with van der Waals surface area (Å²) in [6.45, 7) is 14.7. The van der Waals surface area contributed by atoms with E-state index in [0.29, 0.717) is 5.56 Å². The molecule has 0 radical (unpaired) electrons. The van der Waals surface area contributed by atoms with Crippen LogP contribution in [0.15, 0.2) is 24.3 Å². The highest BCUT2D eigenvalue weighted by molar-refractivity contribution is 6.63. The number of carbonyl (C=O) groups is 1. The molecule has 0 bridgehead atoms. The van der Waals surface area contributed by atoms with Gasteiger partial charge in [-0.05, 0) is 45.8 Å². The summed E-state index contributed by atoms with van der Waals surface area (Å²) in [5.74, 6) is 0.0704. The summed E-state index contributed by atoms with van der Waals surface area (Å²) in [6, 6.07) is 7.67. The fourth-order valence-electron chi connectivity index (χ4n) is 3.30. The Morgan fingerprint density at radius 1 is 1.04 bits per heavy atom. The van der Waals surface area contributed by atoms with Gasteiger partial charge in [-0.25, -0.2) is 0 Å². The second-order valence-corrected chi connectivity index (χ2v) is 7.90. The van der Waals surface area contributed by atoms with E-state index in [1.54, 1.807) is 0 Å². The van der Waals surface area contributed by atoms with Crippen molar-refractivity contribution in [1.82, 2.24) is 9.80 Å². The Balaban J connectivity index is 1.81. The number of rotatable bonds is 3. The summed E-state index contributed by atoms with van der Waals surface area (Å²) < 4.78 is 12.3. The van der Waals surface area contributed by atoms with Gasteiger partial charge in [0.1, 0.15) is 0 Å². The Kier molecular flexibility index (Phi) is 4.97. The first-order chi connectivity index (χ1) is 11.7. The third-order valence-corrected chi connectivity index (χ3v) is 5.81. The highest BCUT2D eigenvalue weighted by Crippen LogP contribution is 2.36. The Bertz CT molecular complexity index is 623. The molecule has 1 amide bonds. The van der Waals surface area contributed by atoms with Crippen molar-refractivity contribution in [3.8, 4) is 0 Å². The minimum atomic E-state index is -0.512. The molecule has 2 aliphatic rings. The van der Waals surface area contributed by atoms with E-state index >= 15 is 0 Å². The molecular weight excluding hydrogens is 315 g/mol. The van der Waals surface area contributed by atoms with Crippen LogP contribution in [0, 0.1) is 0 Å². The van der Waals surface area contributed by atoms with Crippen molar-refractivity contribution in [2.45, 2.75) is 45.8 Å². The van der Waals surface area contributed by atoms with Crippen LogP contribution < -0.4 is 5.46 Å². The van der Waals surface area contributed by atoms with Crippen molar-refractivity contribution in [1.29, 1.82) is 0 Å². The van der Waals surface area contributed by atoms with Crippen LogP contribution in [0.1, 0.15) is 45.0 Å². The van der Waals surface area contributed by atoms with Crippen molar-refractivity contribution in [2.75, 3.05) is 32.7 Å². The minimum Gasteiger partial charge on any atom is -0.399 e. The molecule has 2 fully saturated rings. The Hall–Kier alpha value is -1.37. The largest absolute Gasteiger partial charge is 0.495 e. The van der Waals surface area contributed by atoms with Gasteiger partial charge in [0.05, 0.1) is 11.2 Å². The van der Waals surface area contributed by atoms with Gasteiger partial charge in [0.2, 0.25) is 0 Å². The molecule has 6 heteroatoms. The minimum absolute atomic E-state index is 0.0704. The second kappa shape index (κ2) is 6.74. The third kappa shape index (κ3) is 3.48. The van der Waals surface area contributed by atoms with Crippen LogP contribution in [-0.2, 0) is 9.31 Å². The maximum Gasteiger partial charge on any atom is 0.495 e. The highest BCUT2D eigenvalue weighted by atomic mass is 16.7. The molecule has 3 rings (SSSR count). The molecule has 2 saturated heterocycles. The first-order valence-electron chi connectivity index (χ1n) is 9.21. The molecule has 0 unspecified atom stereocenters. The van der Waals surface area contributed by atoms with E-state index in [0.717, 1.165) is 38.2 Å². The van der Waals surface area contributed by atoms with Gasteiger partial charge in [0, 0.05) is 31.7 Å². The second-order valence-electron chi connectivity index (χ2n) is 7.90. The lowest BCUT2D eigenvalue weighted by atomic mass is 9.75. The zero-order valence-corrected chi connectivity index (χ0v) is 16.0. The summed E-state index contributed by atoms with van der Waals surface area (Å²) in [5.41, 5.74) is 0.677. The van der Waals surface area contributed by atoms with E-state index in [9.17, 15) is 4.79 Å². The van der Waals surface area contributed by atoms with Gasteiger partial charge in [0.15, 0.2) is 0 Å². The van der Waals surface area contributed by atoms with Gasteiger partial charge in [0.25, 0.3) is 5.91 Å². The molecule has 2 aliphatic heterocycles. The van der Waals surface area contributed by atoms with E-state index in [-0.39, 0.29) is 5.91 Å². The summed E-state index contributed by atoms with van der Waals surface area (Å²) in [7, 11) is -0.512. The third-order valence-electron chi connectivity index (χ3n) is 5.81. The molecule has 0 atom stereocenters. The van der Waals surface area contributed by atoms with Crippen LogP contribution in [0.4, 0.5) is 0 Å². The van der Waals surface area contributed by atoms with Crippen LogP contribution in [0.5, 0.6) is 0 Å². The number of nitrogens with zero attached hydrogens (tertiary/aromatic N) is 2. The number of hydrogen-bond acceptors (Lipinski definition) is 4. The average molecular weight is 344 g/mol. The van der Waals surface area contributed by atoms with Crippen molar-refractivity contribution in [3.05, 3.63) is 29.8 Å². The predicted molar refractivity (Wildman–Crippen MR) is 100 cm³/mol. The molecule has 0 spiro atoms. The SMILES string of the molecule is CCN1CCN(C(=O)c2ccccc2B2OC(C)(C)C(C)(C)O2)CC1. The number of likely N-dealkylation sites (N-methyl/N-ethyl adjacent to an activating group) is 1. The fourth-order valence-corrected chi connectivity index (χ4v) is 3.30. The Morgan fingerprint density at radius 2 is 1.60 bits per heavy atom. The quantitative estimate of drug-likeness (QED) is 0.784. The summed E-state index contributed by atoms with van der Waals surface area (Å²) in [4.78, 5) is 17.4. The maximum absolute atomic E-state index is 13.1. The Morgan fingerprint density at radius 3 is 2.16 bits per heavy atom. The van der Waals surface area contributed by atoms with Crippen molar-refractivity contribution in [3.63, 3.8) is 0 Å². The molecule has 0 saturated carbocycles. The predicted octanol–water partition coefficient (Wildman–Crippen LogP) is 1.76. The first kappa shape index (κ1) is 18.4. The zero-order chi connectivity index (χ0) is 18.2. The smallest absolute Gasteiger partial charge is 0.399 e. The van der Waals surface area contributed by atoms with Gasteiger partial charge in [-0.2, -0.15) is 0 Å². The van der Waals surface area contributed by atoms with Gasteiger partial charge >= 0.3 is 7.12 Å². The van der Waals surface area contributed by atoms with Crippen molar-refractivity contribution in [2.24, 2.45) is 0 Å². The molecule has 136 valence electrons. The fraction of sp³-hybridized carbons (Fsp3) is 0.632. The van der Waals surface area contributed by atoms with Crippen molar-refractivity contribution >= 4 is 18.5 Å². The number of carbonyl (C=O) groups excluding carboxylic acids is 1. The number of piperazine rings is 1. The maximum atomic E-state index is 13.1. The molecular formula is C19H29BN2O3. The van der Waals surface area contributed by atoms with Crippen LogP contribution in [0.25, 0.3) is 0 Å². The summed E-state index contributed by atoms with van der Waals surface area (Å²) >= 11 is 0. The van der Waals surface area contributed by atoms with Gasteiger partial charge in [-0.3, -0.25) is 4.79 Å². The van der Waals surface area contributed by atoms with E-state index < -0.39 is 18.3 Å². The lowest BCUT2D eigenvalue weighted by Crippen LogP contribution is -2.50. The molecule has 1 aromatic carbocycles. The number of amides is 1. The van der Waals surface area contributed by atoms with Crippen LogP contribution in [0.3, 0.4) is 0 Å². The molecule has 0 aliphatic carbocycles. The van der Waals surface area contributed by atoms with Crippen LogP contribution in [-0.4, -0.2) is 66.8 Å². The first-order valence-corrected chi connectivity index (χ1v) is 9.21. The normalized spacial score (nSPS) is 23.1. The van der Waals surface area contributed by atoms with E-state index in [1.807, 2.05) is 56.9 Å². The summed E-state index contributed by atoms with van der Waals surface area (Å²) in [5, 5.41) is 0. The zero-order valence-electron chi connectivity index (χ0n) is 16.0. The average Bonchev–Trinajstić information content (AvgIpc) is 2.82. The molecule has 2 heterocycles. The van der Waals surface area contributed by atoms with Gasteiger partial charge in [-0.15, -0.1) is 0 Å². The standard InChI is InChI=1S/C19H29BN2O3/c1-6-21-11-13-22(14-12-21)17(23)15-9-7-8-10-16(15)20-24-18(2,3)19(4,5)25-20/h7-10H,6,11-14H2,1-5H3. The summed E-state index contributed by atoms with van der Waals surface area (Å²) in [6.07, 6.45) is 0. The molecule has 0 N–H and O–H groups in total. The molecule has 0 aromatic heterocycles. The lowest BCUT2D eigenvalue weighted by molar-refractivity contribution is 0.00578. The van der Waals surface area contributed by atoms with E-state index in [2.05, 4.69) is 11.8 Å². The Labute approximate surface area is 151 Å². The topological polar surface area (TPSA) is 42.0 Å². The molecule has 25 heavy (non-hydrogen) atoms. The van der Waals surface area contributed by atoms with E-state index in [1.165, 1.54) is 0 Å². The number of hydrogen-bond donors (Lipinski definition) is 0.